The Balaban J connectivity index is 0.00000148. The Bertz CT molecular complexity index is 1090. The number of hydrazine groups is 1. The predicted octanol–water partition coefficient (Wildman–Crippen LogP) is 2.16. The summed E-state index contributed by atoms with van der Waals surface area (Å²) in [5.74, 6) is -0.388. The summed E-state index contributed by atoms with van der Waals surface area (Å²) in [4.78, 5) is 39.5. The van der Waals surface area contributed by atoms with E-state index in [-0.39, 0.29) is 42.4 Å². The van der Waals surface area contributed by atoms with Gasteiger partial charge in [0.25, 0.3) is 11.8 Å². The molecule has 1 aromatic rings. The van der Waals surface area contributed by atoms with Crippen LogP contribution in [0, 0.1) is 17.2 Å². The maximum Gasteiger partial charge on any atom is 0.272 e. The molecule has 3 N–H and O–H groups in total. The molecule has 5 rings (SSSR count). The molecule has 3 atom stereocenters. The van der Waals surface area contributed by atoms with Crippen molar-refractivity contribution >= 4 is 23.4 Å². The minimum Gasteiger partial charge on any atom is -0.368 e. The first-order chi connectivity index (χ1) is 17.4. The van der Waals surface area contributed by atoms with Gasteiger partial charge in [-0.1, -0.05) is 19.9 Å². The highest BCUT2D eigenvalue weighted by atomic mass is 16.5. The van der Waals surface area contributed by atoms with Crippen molar-refractivity contribution in [2.45, 2.75) is 64.6 Å². The van der Waals surface area contributed by atoms with Gasteiger partial charge in [-0.15, -0.1) is 0 Å². The Kier molecular flexibility index (Phi) is 7.91. The van der Waals surface area contributed by atoms with Crippen molar-refractivity contribution in [1.29, 1.82) is 5.26 Å². The van der Waals surface area contributed by atoms with Crippen molar-refractivity contribution in [3.8, 4) is 6.07 Å². The van der Waals surface area contributed by atoms with E-state index < -0.39 is 6.10 Å². The number of amides is 3. The lowest BCUT2D eigenvalue weighted by atomic mass is 10.0. The van der Waals surface area contributed by atoms with Crippen molar-refractivity contribution in [3.63, 3.8) is 0 Å². The second-order valence-electron chi connectivity index (χ2n) is 9.28. The number of nitrogens with one attached hydrogen (secondary N) is 3. The number of hydrogen-bond donors (Lipinski definition) is 3. The summed E-state index contributed by atoms with van der Waals surface area (Å²) in [5.41, 5.74) is 5.68. The largest absolute Gasteiger partial charge is 0.368 e. The molecular formula is C26H34N6O4. The van der Waals surface area contributed by atoms with Crippen LogP contribution in [0.1, 0.15) is 63.6 Å². The van der Waals surface area contributed by atoms with Crippen molar-refractivity contribution < 1.29 is 19.1 Å². The minimum absolute atomic E-state index is 0.0276. The average molecular weight is 495 g/mol. The van der Waals surface area contributed by atoms with Gasteiger partial charge in [-0.25, -0.2) is 5.43 Å². The molecule has 2 saturated heterocycles. The van der Waals surface area contributed by atoms with Crippen LogP contribution in [0.25, 0.3) is 0 Å². The number of piperazine rings is 1. The van der Waals surface area contributed by atoms with Gasteiger partial charge >= 0.3 is 0 Å². The van der Waals surface area contributed by atoms with Crippen molar-refractivity contribution in [1.82, 2.24) is 20.7 Å². The Hall–Kier alpha value is -3.42. The van der Waals surface area contributed by atoms with Gasteiger partial charge in [0.2, 0.25) is 5.91 Å². The van der Waals surface area contributed by atoms with E-state index >= 15 is 0 Å². The number of carbonyl (C=O) groups excluding carboxylic acids is 3. The van der Waals surface area contributed by atoms with Crippen molar-refractivity contribution in [3.05, 3.63) is 41.1 Å². The lowest BCUT2D eigenvalue weighted by Crippen LogP contribution is -2.58. The summed E-state index contributed by atoms with van der Waals surface area (Å²) >= 11 is 0. The molecule has 4 aliphatic rings. The third kappa shape index (κ3) is 5.37. The first kappa shape index (κ1) is 25.7. The van der Waals surface area contributed by atoms with E-state index in [0.29, 0.717) is 36.5 Å². The maximum atomic E-state index is 13.2. The molecule has 10 nitrogen and oxygen atoms in total. The summed E-state index contributed by atoms with van der Waals surface area (Å²) in [5, 5.41) is 16.9. The van der Waals surface area contributed by atoms with Crippen LogP contribution in [0.2, 0.25) is 0 Å². The molecule has 3 heterocycles. The molecule has 0 bridgehead atoms. The van der Waals surface area contributed by atoms with E-state index in [9.17, 15) is 19.6 Å². The number of carbonyl (C=O) groups is 3. The van der Waals surface area contributed by atoms with Crippen LogP contribution in [0.5, 0.6) is 0 Å². The smallest absolute Gasteiger partial charge is 0.272 e. The molecule has 0 spiro atoms. The fourth-order valence-electron chi connectivity index (χ4n) is 4.63. The molecular weight excluding hydrogens is 460 g/mol. The van der Waals surface area contributed by atoms with Gasteiger partial charge in [-0.05, 0) is 56.4 Å². The molecule has 3 unspecified atom stereocenters. The molecule has 3 aliphatic heterocycles. The van der Waals surface area contributed by atoms with Gasteiger partial charge in [0, 0.05) is 24.8 Å². The number of benzene rings is 1. The van der Waals surface area contributed by atoms with Crippen LogP contribution in [0.4, 0.5) is 5.69 Å². The third-order valence-electron chi connectivity index (χ3n) is 6.68. The van der Waals surface area contributed by atoms with E-state index in [4.69, 9.17) is 4.74 Å². The lowest BCUT2D eigenvalue weighted by Gasteiger charge is -2.40. The number of fused-ring (bicyclic) bond motifs is 1. The van der Waals surface area contributed by atoms with Crippen molar-refractivity contribution in [2.75, 3.05) is 25.1 Å². The van der Waals surface area contributed by atoms with Gasteiger partial charge in [-0.2, -0.15) is 5.26 Å². The van der Waals surface area contributed by atoms with Crippen LogP contribution in [0.15, 0.2) is 30.0 Å². The van der Waals surface area contributed by atoms with Gasteiger partial charge in [-0.3, -0.25) is 19.4 Å². The Morgan fingerprint density at radius 1 is 1.22 bits per heavy atom. The standard InChI is InChI=1S/C24H28N6O4.C2H6/c1-14-12-29(13-26-23(32)21-3-2-8-34-21)24(33)20-10-19(28-30(14)20)17-7-4-15(11-25)9-18(17)27-22(31)16-5-6-16;1-2/h4,7,9-10,14,16,19,21,28H,2-3,5-6,8,12-13H2,1H3,(H,26,32)(H,27,31);1-2H3. The fourth-order valence-corrected chi connectivity index (χ4v) is 4.63. The second-order valence-corrected chi connectivity index (χ2v) is 9.28. The molecule has 3 fully saturated rings. The number of nitrogens with zero attached hydrogens (tertiary/aromatic N) is 3. The SMILES string of the molecule is CC.CC1CN(CNC(=O)C2CCCO2)C(=O)C2=CC(c3ccc(C#N)cc3NC(=O)C3CC3)NN21. The zero-order valence-corrected chi connectivity index (χ0v) is 21.0. The zero-order chi connectivity index (χ0) is 25.8. The summed E-state index contributed by atoms with van der Waals surface area (Å²) < 4.78 is 5.41. The molecule has 0 radical (unpaired) electrons. The molecule has 192 valence electrons. The first-order valence-corrected chi connectivity index (χ1v) is 12.8. The highest BCUT2D eigenvalue weighted by Crippen LogP contribution is 2.36. The Morgan fingerprint density at radius 2 is 2.00 bits per heavy atom. The highest BCUT2D eigenvalue weighted by Gasteiger charge is 2.40. The lowest BCUT2D eigenvalue weighted by molar-refractivity contribution is -0.137. The molecule has 0 aromatic heterocycles. The molecule has 1 aliphatic carbocycles. The molecule has 1 aromatic carbocycles. The zero-order valence-electron chi connectivity index (χ0n) is 21.0. The number of anilines is 1. The molecule has 10 heteroatoms. The monoisotopic (exact) mass is 494 g/mol. The molecule has 1 saturated carbocycles. The first-order valence-electron chi connectivity index (χ1n) is 12.8. The van der Waals surface area contributed by atoms with Crippen LogP contribution >= 0.6 is 0 Å². The van der Waals surface area contributed by atoms with E-state index in [0.717, 1.165) is 24.8 Å². The number of ether oxygens (including phenoxy) is 1. The van der Waals surface area contributed by atoms with Gasteiger partial charge in [0.05, 0.1) is 30.4 Å². The summed E-state index contributed by atoms with van der Waals surface area (Å²) in [6, 6.07) is 6.93. The van der Waals surface area contributed by atoms with E-state index in [1.807, 2.05) is 37.9 Å². The minimum atomic E-state index is -0.439. The number of hydrogen-bond acceptors (Lipinski definition) is 7. The fraction of sp³-hybridized carbons (Fsp3) is 0.538. The van der Waals surface area contributed by atoms with Gasteiger partial charge in [0.15, 0.2) is 0 Å². The third-order valence-corrected chi connectivity index (χ3v) is 6.68. The van der Waals surface area contributed by atoms with Crippen molar-refractivity contribution in [2.24, 2.45) is 5.92 Å². The number of rotatable bonds is 6. The van der Waals surface area contributed by atoms with Gasteiger partial charge < -0.3 is 20.3 Å². The summed E-state index contributed by atoms with van der Waals surface area (Å²) in [6.07, 6.45) is 4.72. The normalized spacial score (nSPS) is 24.8. The second kappa shape index (κ2) is 11.1. The van der Waals surface area contributed by atoms with Crippen LogP contribution in [0.3, 0.4) is 0 Å². The van der Waals surface area contributed by atoms with E-state index in [1.54, 1.807) is 17.0 Å². The van der Waals surface area contributed by atoms with Crippen LogP contribution in [-0.4, -0.2) is 59.6 Å². The topological polar surface area (TPSA) is 127 Å². The van der Waals surface area contributed by atoms with Crippen LogP contribution in [-0.2, 0) is 19.1 Å². The summed E-state index contributed by atoms with van der Waals surface area (Å²) in [7, 11) is 0. The van der Waals surface area contributed by atoms with E-state index in [2.05, 4.69) is 22.1 Å². The van der Waals surface area contributed by atoms with Crippen LogP contribution < -0.4 is 16.1 Å². The number of nitriles is 1. The Morgan fingerprint density at radius 3 is 2.67 bits per heavy atom. The van der Waals surface area contributed by atoms with E-state index in [1.165, 1.54) is 0 Å². The Labute approximate surface area is 211 Å². The molecule has 3 amide bonds. The van der Waals surface area contributed by atoms with Gasteiger partial charge in [0.1, 0.15) is 11.8 Å². The average Bonchev–Trinajstić information content (AvgIpc) is 3.41. The highest BCUT2D eigenvalue weighted by molar-refractivity contribution is 5.96. The molecule has 36 heavy (non-hydrogen) atoms. The predicted molar refractivity (Wildman–Crippen MR) is 133 cm³/mol. The summed E-state index contributed by atoms with van der Waals surface area (Å²) in [6.45, 7) is 7.15. The quantitative estimate of drug-likeness (QED) is 0.553. The maximum absolute atomic E-state index is 13.2.